The summed E-state index contributed by atoms with van der Waals surface area (Å²) < 4.78 is 0. The van der Waals surface area contributed by atoms with Crippen LogP contribution in [0.3, 0.4) is 0 Å². The Morgan fingerprint density at radius 2 is 2.21 bits per heavy atom. The maximum atomic E-state index is 8.79. The van der Waals surface area contributed by atoms with Gasteiger partial charge in [-0.25, -0.2) is 0 Å². The van der Waals surface area contributed by atoms with Crippen molar-refractivity contribution in [2.75, 3.05) is 0 Å². The fraction of sp³-hybridized carbons (Fsp3) is 0.417. The highest BCUT2D eigenvalue weighted by molar-refractivity contribution is 6.21. The van der Waals surface area contributed by atoms with E-state index in [1.54, 1.807) is 0 Å². The predicted octanol–water partition coefficient (Wildman–Crippen LogP) is 3.52. The second-order valence-electron chi connectivity index (χ2n) is 4.47. The SMILES string of the molecule is CC1(C)CC(Cl)c2cc(C#N)ccc21. The Morgan fingerprint density at radius 3 is 2.86 bits per heavy atom. The van der Waals surface area contributed by atoms with Gasteiger partial charge in [0.05, 0.1) is 17.0 Å². The third-order valence-corrected chi connectivity index (χ3v) is 3.33. The molecule has 0 bridgehead atoms. The summed E-state index contributed by atoms with van der Waals surface area (Å²) >= 11 is 6.25. The largest absolute Gasteiger partial charge is 0.192 e. The Bertz CT molecular complexity index is 415. The van der Waals surface area contributed by atoms with Gasteiger partial charge < -0.3 is 0 Å². The highest BCUT2D eigenvalue weighted by atomic mass is 35.5. The van der Waals surface area contributed by atoms with Crippen molar-refractivity contribution in [1.29, 1.82) is 5.26 Å². The molecule has 0 saturated carbocycles. The van der Waals surface area contributed by atoms with Crippen molar-refractivity contribution in [3.63, 3.8) is 0 Å². The van der Waals surface area contributed by atoms with Gasteiger partial charge in [-0.05, 0) is 35.1 Å². The zero-order valence-electron chi connectivity index (χ0n) is 8.34. The molecule has 1 aromatic carbocycles. The fourth-order valence-corrected chi connectivity index (χ4v) is 2.74. The third kappa shape index (κ3) is 1.31. The van der Waals surface area contributed by atoms with Crippen molar-refractivity contribution < 1.29 is 0 Å². The van der Waals surface area contributed by atoms with E-state index in [2.05, 4.69) is 19.9 Å². The van der Waals surface area contributed by atoms with Crippen LogP contribution in [0.25, 0.3) is 0 Å². The molecule has 0 heterocycles. The number of benzene rings is 1. The van der Waals surface area contributed by atoms with E-state index in [1.807, 2.05) is 18.2 Å². The van der Waals surface area contributed by atoms with Crippen LogP contribution in [0, 0.1) is 11.3 Å². The molecule has 1 nitrogen and oxygen atoms in total. The van der Waals surface area contributed by atoms with Gasteiger partial charge in [0.2, 0.25) is 0 Å². The number of halogens is 1. The van der Waals surface area contributed by atoms with Gasteiger partial charge in [-0.15, -0.1) is 11.6 Å². The monoisotopic (exact) mass is 205 g/mol. The van der Waals surface area contributed by atoms with Crippen LogP contribution < -0.4 is 0 Å². The molecule has 1 aliphatic rings. The number of fused-ring (bicyclic) bond motifs is 1. The van der Waals surface area contributed by atoms with Crippen molar-refractivity contribution in [2.45, 2.75) is 31.1 Å². The van der Waals surface area contributed by atoms with E-state index in [1.165, 1.54) is 5.56 Å². The van der Waals surface area contributed by atoms with E-state index in [-0.39, 0.29) is 10.8 Å². The summed E-state index contributed by atoms with van der Waals surface area (Å²) in [4.78, 5) is 0. The Labute approximate surface area is 89.3 Å². The van der Waals surface area contributed by atoms with E-state index in [0.29, 0.717) is 5.56 Å². The summed E-state index contributed by atoms with van der Waals surface area (Å²) in [6.45, 7) is 4.39. The van der Waals surface area contributed by atoms with E-state index in [4.69, 9.17) is 16.9 Å². The number of hydrogen-bond donors (Lipinski definition) is 0. The average molecular weight is 206 g/mol. The van der Waals surface area contributed by atoms with E-state index < -0.39 is 0 Å². The lowest BCUT2D eigenvalue weighted by atomic mass is 9.86. The topological polar surface area (TPSA) is 23.8 Å². The standard InChI is InChI=1S/C12H12ClN/c1-12(2)6-11(13)9-5-8(7-14)3-4-10(9)12/h3-5,11H,6H2,1-2H3. The smallest absolute Gasteiger partial charge is 0.0991 e. The van der Waals surface area contributed by atoms with Crippen molar-refractivity contribution in [3.05, 3.63) is 34.9 Å². The average Bonchev–Trinajstić information content (AvgIpc) is 2.37. The maximum Gasteiger partial charge on any atom is 0.0991 e. The van der Waals surface area contributed by atoms with Crippen molar-refractivity contribution in [3.8, 4) is 6.07 Å². The third-order valence-electron chi connectivity index (χ3n) is 2.94. The van der Waals surface area contributed by atoms with Gasteiger partial charge in [0.15, 0.2) is 0 Å². The zero-order valence-corrected chi connectivity index (χ0v) is 9.10. The molecule has 0 aromatic heterocycles. The molecule has 14 heavy (non-hydrogen) atoms. The number of alkyl halides is 1. The first kappa shape index (κ1) is 9.55. The summed E-state index contributed by atoms with van der Waals surface area (Å²) in [7, 11) is 0. The van der Waals surface area contributed by atoms with Crippen molar-refractivity contribution in [2.24, 2.45) is 0 Å². The van der Waals surface area contributed by atoms with Gasteiger partial charge in [-0.3, -0.25) is 0 Å². The van der Waals surface area contributed by atoms with E-state index >= 15 is 0 Å². The van der Waals surface area contributed by atoms with Crippen LogP contribution in [0.15, 0.2) is 18.2 Å². The summed E-state index contributed by atoms with van der Waals surface area (Å²) in [5, 5.41) is 8.86. The van der Waals surface area contributed by atoms with Crippen LogP contribution in [0.4, 0.5) is 0 Å². The molecule has 1 aliphatic carbocycles. The summed E-state index contributed by atoms with van der Waals surface area (Å²) in [5.74, 6) is 0. The summed E-state index contributed by atoms with van der Waals surface area (Å²) in [6, 6.07) is 7.97. The Kier molecular flexibility index (Phi) is 2.05. The van der Waals surface area contributed by atoms with E-state index in [9.17, 15) is 0 Å². The molecule has 0 radical (unpaired) electrons. The second-order valence-corrected chi connectivity index (χ2v) is 5.00. The Balaban J connectivity index is 2.59. The molecule has 0 aliphatic heterocycles. The molecular formula is C12H12ClN. The number of nitrogens with zero attached hydrogens (tertiary/aromatic N) is 1. The molecule has 0 N–H and O–H groups in total. The van der Waals surface area contributed by atoms with Gasteiger partial charge in [0, 0.05) is 0 Å². The Hall–Kier alpha value is -1.00. The molecule has 0 amide bonds. The van der Waals surface area contributed by atoms with Crippen LogP contribution in [0.1, 0.15) is 42.3 Å². The molecule has 0 spiro atoms. The summed E-state index contributed by atoms with van der Waals surface area (Å²) in [6.07, 6.45) is 0.957. The van der Waals surface area contributed by atoms with Gasteiger partial charge in [0.1, 0.15) is 0 Å². The van der Waals surface area contributed by atoms with Gasteiger partial charge in [-0.2, -0.15) is 5.26 Å². The van der Waals surface area contributed by atoms with Crippen LogP contribution in [-0.4, -0.2) is 0 Å². The molecule has 1 unspecified atom stereocenters. The quantitative estimate of drug-likeness (QED) is 0.595. The minimum absolute atomic E-state index is 0.0632. The summed E-state index contributed by atoms with van der Waals surface area (Å²) in [5.41, 5.74) is 3.27. The molecule has 2 rings (SSSR count). The van der Waals surface area contributed by atoms with Gasteiger partial charge in [-0.1, -0.05) is 19.9 Å². The van der Waals surface area contributed by atoms with Crippen LogP contribution in [0.5, 0.6) is 0 Å². The van der Waals surface area contributed by atoms with Crippen molar-refractivity contribution in [1.82, 2.24) is 0 Å². The van der Waals surface area contributed by atoms with Gasteiger partial charge in [0.25, 0.3) is 0 Å². The molecule has 72 valence electrons. The molecule has 1 aromatic rings. The first-order valence-electron chi connectivity index (χ1n) is 4.73. The fourth-order valence-electron chi connectivity index (χ4n) is 2.18. The normalized spacial score (nSPS) is 22.9. The predicted molar refractivity (Wildman–Crippen MR) is 57.4 cm³/mol. The second kappa shape index (κ2) is 3.00. The first-order valence-corrected chi connectivity index (χ1v) is 5.17. The number of rotatable bonds is 0. The lowest BCUT2D eigenvalue weighted by Gasteiger charge is -2.18. The molecular weight excluding hydrogens is 194 g/mol. The van der Waals surface area contributed by atoms with Crippen LogP contribution in [0.2, 0.25) is 0 Å². The van der Waals surface area contributed by atoms with Crippen LogP contribution >= 0.6 is 11.6 Å². The molecule has 1 atom stereocenters. The highest BCUT2D eigenvalue weighted by Crippen LogP contribution is 2.47. The van der Waals surface area contributed by atoms with Crippen molar-refractivity contribution >= 4 is 11.6 Å². The molecule has 2 heteroatoms. The molecule has 0 fully saturated rings. The number of nitriles is 1. The molecule has 0 saturated heterocycles. The zero-order chi connectivity index (χ0) is 10.3. The lowest BCUT2D eigenvalue weighted by Crippen LogP contribution is -2.11. The highest BCUT2D eigenvalue weighted by Gasteiger charge is 2.35. The van der Waals surface area contributed by atoms with Gasteiger partial charge >= 0.3 is 0 Å². The maximum absolute atomic E-state index is 8.79. The minimum Gasteiger partial charge on any atom is -0.192 e. The lowest BCUT2D eigenvalue weighted by molar-refractivity contribution is 0.516. The minimum atomic E-state index is 0.0632. The first-order chi connectivity index (χ1) is 6.54. The number of hydrogen-bond acceptors (Lipinski definition) is 1. The van der Waals surface area contributed by atoms with E-state index in [0.717, 1.165) is 12.0 Å². The van der Waals surface area contributed by atoms with Crippen LogP contribution in [-0.2, 0) is 5.41 Å². The Morgan fingerprint density at radius 1 is 1.50 bits per heavy atom.